The SMILES string of the molecule is CCC(C)C(NC(=O)Cn1nc(-c2ccc(OC)cc2F)ccc1=O)C(=O)O. The average Bonchev–Trinajstić information content (AvgIpc) is 2.67. The fourth-order valence-electron chi connectivity index (χ4n) is 2.57. The molecule has 28 heavy (non-hydrogen) atoms. The summed E-state index contributed by atoms with van der Waals surface area (Å²) in [4.78, 5) is 35.6. The standard InChI is InChI=1S/C19H22FN3O5/c1-4-11(2)18(19(26)27)21-16(24)10-23-17(25)8-7-15(22-23)13-6-5-12(28-3)9-14(13)20/h5-9,11,18H,4,10H2,1-3H3,(H,21,24)(H,26,27). The number of benzene rings is 1. The summed E-state index contributed by atoms with van der Waals surface area (Å²) in [7, 11) is 1.41. The number of carbonyl (C=O) groups is 2. The van der Waals surface area contributed by atoms with E-state index < -0.39 is 35.8 Å². The molecular formula is C19H22FN3O5. The second-order valence-corrected chi connectivity index (χ2v) is 6.33. The molecule has 0 aliphatic heterocycles. The maximum absolute atomic E-state index is 14.3. The molecule has 1 aromatic carbocycles. The van der Waals surface area contributed by atoms with Crippen molar-refractivity contribution in [3.8, 4) is 17.0 Å². The Morgan fingerprint density at radius 2 is 2.04 bits per heavy atom. The summed E-state index contributed by atoms with van der Waals surface area (Å²) < 4.78 is 20.1. The molecule has 0 aliphatic rings. The average molecular weight is 391 g/mol. The molecule has 1 amide bonds. The number of hydrogen-bond acceptors (Lipinski definition) is 5. The molecule has 0 saturated heterocycles. The highest BCUT2D eigenvalue weighted by atomic mass is 19.1. The van der Waals surface area contributed by atoms with Gasteiger partial charge in [0.15, 0.2) is 0 Å². The highest BCUT2D eigenvalue weighted by Crippen LogP contribution is 2.24. The van der Waals surface area contributed by atoms with Crippen LogP contribution in [0.15, 0.2) is 35.1 Å². The van der Waals surface area contributed by atoms with Gasteiger partial charge in [0.25, 0.3) is 5.56 Å². The molecule has 0 radical (unpaired) electrons. The number of aliphatic carboxylic acids is 1. The third kappa shape index (κ3) is 4.93. The van der Waals surface area contributed by atoms with Gasteiger partial charge in [-0.25, -0.2) is 13.9 Å². The van der Waals surface area contributed by atoms with E-state index in [2.05, 4.69) is 10.4 Å². The number of ether oxygens (including phenoxy) is 1. The van der Waals surface area contributed by atoms with Gasteiger partial charge in [-0.15, -0.1) is 0 Å². The van der Waals surface area contributed by atoms with E-state index in [1.165, 1.54) is 31.4 Å². The van der Waals surface area contributed by atoms with Crippen molar-refractivity contribution in [2.75, 3.05) is 7.11 Å². The first-order valence-electron chi connectivity index (χ1n) is 8.71. The minimum absolute atomic E-state index is 0.137. The molecule has 2 atom stereocenters. The van der Waals surface area contributed by atoms with Gasteiger partial charge in [0.2, 0.25) is 5.91 Å². The van der Waals surface area contributed by atoms with E-state index >= 15 is 0 Å². The van der Waals surface area contributed by atoms with Crippen LogP contribution in [0.25, 0.3) is 11.3 Å². The first-order valence-corrected chi connectivity index (χ1v) is 8.71. The summed E-state index contributed by atoms with van der Waals surface area (Å²) >= 11 is 0. The smallest absolute Gasteiger partial charge is 0.326 e. The highest BCUT2D eigenvalue weighted by Gasteiger charge is 2.25. The number of carboxylic acid groups (broad SMARTS) is 1. The Kier molecular flexibility index (Phi) is 6.86. The van der Waals surface area contributed by atoms with E-state index in [-0.39, 0.29) is 17.2 Å². The molecule has 8 nitrogen and oxygen atoms in total. The topological polar surface area (TPSA) is 111 Å². The van der Waals surface area contributed by atoms with Crippen LogP contribution >= 0.6 is 0 Å². The molecule has 0 fully saturated rings. The zero-order chi connectivity index (χ0) is 20.8. The quantitative estimate of drug-likeness (QED) is 0.708. The third-order valence-corrected chi connectivity index (χ3v) is 4.41. The number of hydrogen-bond donors (Lipinski definition) is 2. The van der Waals surface area contributed by atoms with Crippen LogP contribution in [0, 0.1) is 11.7 Å². The molecule has 0 bridgehead atoms. The maximum atomic E-state index is 14.3. The zero-order valence-electron chi connectivity index (χ0n) is 15.8. The fourth-order valence-corrected chi connectivity index (χ4v) is 2.57. The van der Waals surface area contributed by atoms with Gasteiger partial charge in [-0.1, -0.05) is 20.3 Å². The normalized spacial score (nSPS) is 12.9. The molecular weight excluding hydrogens is 369 g/mol. The van der Waals surface area contributed by atoms with Crippen LogP contribution in [0.1, 0.15) is 20.3 Å². The number of nitrogens with one attached hydrogen (secondary N) is 1. The largest absolute Gasteiger partial charge is 0.497 e. The number of rotatable bonds is 8. The van der Waals surface area contributed by atoms with Crippen molar-refractivity contribution in [3.05, 3.63) is 46.5 Å². The van der Waals surface area contributed by atoms with Gasteiger partial charge in [0.1, 0.15) is 24.2 Å². The summed E-state index contributed by atoms with van der Waals surface area (Å²) in [6, 6.07) is 5.63. The number of aromatic nitrogens is 2. The lowest BCUT2D eigenvalue weighted by molar-refractivity contribution is -0.143. The van der Waals surface area contributed by atoms with Crippen LogP contribution in [0.4, 0.5) is 4.39 Å². The number of amides is 1. The van der Waals surface area contributed by atoms with Crippen LogP contribution in [0.5, 0.6) is 5.75 Å². The van der Waals surface area contributed by atoms with Crippen LogP contribution in [0.3, 0.4) is 0 Å². The molecule has 0 aliphatic carbocycles. The molecule has 1 aromatic heterocycles. The van der Waals surface area contributed by atoms with E-state index in [4.69, 9.17) is 4.74 Å². The minimum atomic E-state index is -1.16. The molecule has 2 rings (SSSR count). The Labute approximate surface area is 160 Å². The summed E-state index contributed by atoms with van der Waals surface area (Å²) in [5.74, 6) is -2.37. The predicted molar refractivity (Wildman–Crippen MR) is 99.5 cm³/mol. The highest BCUT2D eigenvalue weighted by molar-refractivity contribution is 5.83. The van der Waals surface area contributed by atoms with Crippen molar-refractivity contribution in [1.82, 2.24) is 15.1 Å². The molecule has 9 heteroatoms. The van der Waals surface area contributed by atoms with Crippen molar-refractivity contribution < 1.29 is 23.8 Å². The van der Waals surface area contributed by atoms with Crippen molar-refractivity contribution in [2.45, 2.75) is 32.9 Å². The first kappa shape index (κ1) is 21.1. The van der Waals surface area contributed by atoms with Crippen molar-refractivity contribution in [1.29, 1.82) is 0 Å². The van der Waals surface area contributed by atoms with E-state index in [9.17, 15) is 23.9 Å². The molecule has 2 unspecified atom stereocenters. The van der Waals surface area contributed by atoms with Crippen molar-refractivity contribution in [3.63, 3.8) is 0 Å². The minimum Gasteiger partial charge on any atom is -0.497 e. The number of halogens is 1. The van der Waals surface area contributed by atoms with Gasteiger partial charge in [0, 0.05) is 17.7 Å². The van der Waals surface area contributed by atoms with Gasteiger partial charge in [-0.2, -0.15) is 5.10 Å². The lowest BCUT2D eigenvalue weighted by atomic mass is 9.99. The summed E-state index contributed by atoms with van der Waals surface area (Å²) in [5, 5.41) is 15.7. The van der Waals surface area contributed by atoms with E-state index in [1.54, 1.807) is 13.0 Å². The van der Waals surface area contributed by atoms with Gasteiger partial charge < -0.3 is 15.2 Å². The van der Waals surface area contributed by atoms with Crippen LogP contribution in [0.2, 0.25) is 0 Å². The van der Waals surface area contributed by atoms with E-state index in [0.717, 1.165) is 4.68 Å². The van der Waals surface area contributed by atoms with Gasteiger partial charge >= 0.3 is 5.97 Å². The second kappa shape index (κ2) is 9.12. The second-order valence-electron chi connectivity index (χ2n) is 6.33. The molecule has 0 saturated carbocycles. The lowest BCUT2D eigenvalue weighted by Crippen LogP contribution is -2.47. The summed E-state index contributed by atoms with van der Waals surface area (Å²) in [5.41, 5.74) is -0.273. The van der Waals surface area contributed by atoms with Crippen LogP contribution in [-0.4, -0.2) is 39.9 Å². The van der Waals surface area contributed by atoms with Crippen LogP contribution in [-0.2, 0) is 16.1 Å². The number of carboxylic acids is 1. The molecule has 1 heterocycles. The van der Waals surface area contributed by atoms with Crippen molar-refractivity contribution in [2.24, 2.45) is 5.92 Å². The Bertz CT molecular complexity index is 928. The number of methoxy groups -OCH3 is 1. The summed E-state index contributed by atoms with van der Waals surface area (Å²) in [6.07, 6.45) is 0.557. The predicted octanol–water partition coefficient (Wildman–Crippen LogP) is 1.67. The first-order chi connectivity index (χ1) is 13.3. The Hall–Kier alpha value is -3.23. The Morgan fingerprint density at radius 3 is 2.61 bits per heavy atom. The number of nitrogens with zero attached hydrogens (tertiary/aromatic N) is 2. The third-order valence-electron chi connectivity index (χ3n) is 4.41. The lowest BCUT2D eigenvalue weighted by Gasteiger charge is -2.20. The molecule has 150 valence electrons. The number of carbonyl (C=O) groups excluding carboxylic acids is 1. The van der Waals surface area contributed by atoms with E-state index in [1.807, 2.05) is 6.92 Å². The fraction of sp³-hybridized carbons (Fsp3) is 0.368. The maximum Gasteiger partial charge on any atom is 0.326 e. The monoisotopic (exact) mass is 391 g/mol. The summed E-state index contributed by atoms with van der Waals surface area (Å²) in [6.45, 7) is 3.03. The van der Waals surface area contributed by atoms with Gasteiger partial charge in [-0.05, 0) is 24.1 Å². The van der Waals surface area contributed by atoms with E-state index in [0.29, 0.717) is 12.2 Å². The Balaban J connectivity index is 2.25. The van der Waals surface area contributed by atoms with Crippen molar-refractivity contribution >= 4 is 11.9 Å². The van der Waals surface area contributed by atoms with Gasteiger partial charge in [-0.3, -0.25) is 9.59 Å². The van der Waals surface area contributed by atoms with Gasteiger partial charge in [0.05, 0.1) is 12.8 Å². The molecule has 2 N–H and O–H groups in total. The molecule has 2 aromatic rings. The van der Waals surface area contributed by atoms with Crippen LogP contribution < -0.4 is 15.6 Å². The molecule has 0 spiro atoms. The zero-order valence-corrected chi connectivity index (χ0v) is 15.8. The Morgan fingerprint density at radius 1 is 1.32 bits per heavy atom.